The zero-order valence-corrected chi connectivity index (χ0v) is 12.1. The van der Waals surface area contributed by atoms with E-state index in [-0.39, 0.29) is 16.0 Å². The molecule has 0 amide bonds. The molecular formula is C13H8BrF2N5. The molecule has 2 aromatic carbocycles. The molecule has 0 saturated carbocycles. The summed E-state index contributed by atoms with van der Waals surface area (Å²) in [5.74, 6) is -1.41. The van der Waals surface area contributed by atoms with Gasteiger partial charge < -0.3 is 5.73 Å². The molecule has 5 nitrogen and oxygen atoms in total. The lowest BCUT2D eigenvalue weighted by atomic mass is 10.1. The van der Waals surface area contributed by atoms with Crippen molar-refractivity contribution >= 4 is 21.6 Å². The van der Waals surface area contributed by atoms with Crippen LogP contribution in [0.25, 0.3) is 17.1 Å². The van der Waals surface area contributed by atoms with Crippen molar-refractivity contribution in [3.05, 3.63) is 52.5 Å². The number of benzene rings is 2. The van der Waals surface area contributed by atoms with Crippen molar-refractivity contribution in [3.8, 4) is 17.1 Å². The number of nitrogens with two attached hydrogens (primary N) is 1. The van der Waals surface area contributed by atoms with Crippen LogP contribution in [0.1, 0.15) is 0 Å². The van der Waals surface area contributed by atoms with Crippen molar-refractivity contribution in [3.63, 3.8) is 0 Å². The molecule has 1 aromatic heterocycles. The average Bonchev–Trinajstić information content (AvgIpc) is 2.87. The van der Waals surface area contributed by atoms with E-state index in [1.807, 2.05) is 0 Å². The van der Waals surface area contributed by atoms with E-state index in [9.17, 15) is 8.78 Å². The molecule has 2 N–H and O–H groups in total. The third-order valence-corrected chi connectivity index (χ3v) is 3.32. The predicted octanol–water partition coefficient (Wildman–Crippen LogP) is 2.95. The minimum atomic E-state index is -0.787. The lowest BCUT2D eigenvalue weighted by Crippen LogP contribution is -2.06. The van der Waals surface area contributed by atoms with Gasteiger partial charge in [-0.2, -0.15) is 4.68 Å². The van der Waals surface area contributed by atoms with Crippen LogP contribution in [0.3, 0.4) is 0 Å². The van der Waals surface area contributed by atoms with Gasteiger partial charge in [0.15, 0.2) is 17.5 Å². The Morgan fingerprint density at radius 2 is 1.76 bits per heavy atom. The van der Waals surface area contributed by atoms with Crippen molar-refractivity contribution in [2.45, 2.75) is 0 Å². The lowest BCUT2D eigenvalue weighted by Gasteiger charge is -2.09. The zero-order chi connectivity index (χ0) is 15.0. The maximum absolute atomic E-state index is 14.1. The Kier molecular flexibility index (Phi) is 3.38. The third kappa shape index (κ3) is 2.38. The van der Waals surface area contributed by atoms with Crippen LogP contribution < -0.4 is 5.73 Å². The van der Waals surface area contributed by atoms with Crippen LogP contribution in [-0.2, 0) is 0 Å². The molecule has 1 heterocycles. The SMILES string of the molecule is Nc1ccccc1-c1nnnn1-c1c(F)cc(Br)cc1F. The van der Waals surface area contributed by atoms with Gasteiger partial charge in [-0.05, 0) is 34.7 Å². The van der Waals surface area contributed by atoms with Crippen LogP contribution in [0.15, 0.2) is 40.9 Å². The minimum absolute atomic E-state index is 0.160. The van der Waals surface area contributed by atoms with Gasteiger partial charge in [0.05, 0.1) is 0 Å². The number of hydrogen-bond donors (Lipinski definition) is 1. The Morgan fingerprint density at radius 1 is 1.10 bits per heavy atom. The third-order valence-electron chi connectivity index (χ3n) is 2.86. The van der Waals surface area contributed by atoms with Gasteiger partial charge in [-0.25, -0.2) is 8.78 Å². The molecule has 0 bridgehead atoms. The highest BCUT2D eigenvalue weighted by Gasteiger charge is 2.20. The molecule has 3 rings (SSSR count). The van der Waals surface area contributed by atoms with E-state index in [0.29, 0.717) is 11.3 Å². The molecule has 0 atom stereocenters. The normalized spacial score (nSPS) is 10.8. The highest BCUT2D eigenvalue weighted by atomic mass is 79.9. The van der Waals surface area contributed by atoms with Crippen LogP contribution in [-0.4, -0.2) is 20.2 Å². The van der Waals surface area contributed by atoms with Gasteiger partial charge in [0.1, 0.15) is 5.69 Å². The van der Waals surface area contributed by atoms with Crippen molar-refractivity contribution in [1.82, 2.24) is 20.2 Å². The second kappa shape index (κ2) is 5.21. The smallest absolute Gasteiger partial charge is 0.189 e. The van der Waals surface area contributed by atoms with Crippen LogP contribution >= 0.6 is 15.9 Å². The van der Waals surface area contributed by atoms with E-state index in [1.165, 1.54) is 0 Å². The number of anilines is 1. The predicted molar refractivity (Wildman–Crippen MR) is 76.6 cm³/mol. The van der Waals surface area contributed by atoms with Crippen molar-refractivity contribution in [2.75, 3.05) is 5.73 Å². The fraction of sp³-hybridized carbons (Fsp3) is 0. The largest absolute Gasteiger partial charge is 0.398 e. The van der Waals surface area contributed by atoms with Crippen LogP contribution in [0.4, 0.5) is 14.5 Å². The average molecular weight is 352 g/mol. The van der Waals surface area contributed by atoms with Crippen molar-refractivity contribution in [1.29, 1.82) is 0 Å². The summed E-state index contributed by atoms with van der Waals surface area (Å²) in [6.45, 7) is 0. The fourth-order valence-corrected chi connectivity index (χ4v) is 2.35. The van der Waals surface area contributed by atoms with Crippen molar-refractivity contribution in [2.24, 2.45) is 0 Å². The summed E-state index contributed by atoms with van der Waals surface area (Å²) >= 11 is 3.02. The van der Waals surface area contributed by atoms with Crippen LogP contribution in [0.5, 0.6) is 0 Å². The fourth-order valence-electron chi connectivity index (χ4n) is 1.94. The monoisotopic (exact) mass is 351 g/mol. The number of para-hydroxylation sites is 1. The van der Waals surface area contributed by atoms with Gasteiger partial charge in [-0.3, -0.25) is 0 Å². The first-order chi connectivity index (χ1) is 10.1. The van der Waals surface area contributed by atoms with Gasteiger partial charge in [-0.1, -0.05) is 28.1 Å². The van der Waals surface area contributed by atoms with Gasteiger partial charge in [0.25, 0.3) is 0 Å². The summed E-state index contributed by atoms with van der Waals surface area (Å²) in [7, 11) is 0. The Hall–Kier alpha value is -2.35. The van der Waals surface area contributed by atoms with Gasteiger partial charge in [0.2, 0.25) is 0 Å². The van der Waals surface area contributed by atoms with Crippen LogP contribution in [0, 0.1) is 11.6 Å². The first-order valence-corrected chi connectivity index (χ1v) is 6.65. The number of rotatable bonds is 2. The second-order valence-electron chi connectivity index (χ2n) is 4.22. The molecule has 0 radical (unpaired) electrons. The number of tetrazole rings is 1. The minimum Gasteiger partial charge on any atom is -0.398 e. The maximum atomic E-state index is 14.1. The molecule has 0 aliphatic heterocycles. The number of nitrogen functional groups attached to an aromatic ring is 1. The van der Waals surface area contributed by atoms with E-state index in [2.05, 4.69) is 31.5 Å². The highest BCUT2D eigenvalue weighted by molar-refractivity contribution is 9.10. The first kappa shape index (κ1) is 13.6. The van der Waals surface area contributed by atoms with E-state index in [4.69, 9.17) is 5.73 Å². The molecule has 0 unspecified atom stereocenters. The molecular weight excluding hydrogens is 344 g/mol. The van der Waals surface area contributed by atoms with Gasteiger partial charge in [-0.15, -0.1) is 5.10 Å². The number of aromatic nitrogens is 4. The zero-order valence-electron chi connectivity index (χ0n) is 10.5. The Morgan fingerprint density at radius 3 is 2.43 bits per heavy atom. The molecule has 0 spiro atoms. The molecule has 0 aliphatic carbocycles. The molecule has 21 heavy (non-hydrogen) atoms. The van der Waals surface area contributed by atoms with E-state index < -0.39 is 11.6 Å². The Labute approximate surface area is 126 Å². The summed E-state index contributed by atoms with van der Waals surface area (Å²) in [6, 6.07) is 9.08. The van der Waals surface area contributed by atoms with Gasteiger partial charge in [0, 0.05) is 15.7 Å². The molecule has 106 valence electrons. The van der Waals surface area contributed by atoms with Gasteiger partial charge >= 0.3 is 0 Å². The molecule has 3 aromatic rings. The topological polar surface area (TPSA) is 69.6 Å². The van der Waals surface area contributed by atoms with Crippen LogP contribution in [0.2, 0.25) is 0 Å². The van der Waals surface area contributed by atoms with E-state index >= 15 is 0 Å². The van der Waals surface area contributed by atoms with E-state index in [1.54, 1.807) is 24.3 Å². The summed E-state index contributed by atoms with van der Waals surface area (Å²) in [5.41, 5.74) is 6.39. The molecule has 8 heteroatoms. The summed E-state index contributed by atoms with van der Waals surface area (Å²) in [6.07, 6.45) is 0. The van der Waals surface area contributed by atoms with E-state index in [0.717, 1.165) is 16.8 Å². The Bertz CT molecular complexity index is 795. The number of nitrogens with zero attached hydrogens (tertiary/aromatic N) is 4. The highest BCUT2D eigenvalue weighted by Crippen LogP contribution is 2.28. The molecule has 0 aliphatic rings. The standard InChI is InChI=1S/C13H8BrF2N5/c14-7-5-9(15)12(10(16)6-7)21-13(18-19-20-21)8-3-1-2-4-11(8)17/h1-6H,17H2. The second-order valence-corrected chi connectivity index (χ2v) is 5.14. The Balaban J connectivity index is 2.24. The first-order valence-electron chi connectivity index (χ1n) is 5.86. The summed E-state index contributed by atoms with van der Waals surface area (Å²) < 4.78 is 29.4. The maximum Gasteiger partial charge on any atom is 0.189 e. The number of halogens is 3. The molecule has 0 fully saturated rings. The van der Waals surface area contributed by atoms with Crippen molar-refractivity contribution < 1.29 is 8.78 Å². The molecule has 0 saturated heterocycles. The number of hydrogen-bond acceptors (Lipinski definition) is 4. The lowest BCUT2D eigenvalue weighted by molar-refractivity contribution is 0.556. The quantitative estimate of drug-likeness (QED) is 0.720. The summed E-state index contributed by atoms with van der Waals surface area (Å²) in [5, 5.41) is 10.9. The summed E-state index contributed by atoms with van der Waals surface area (Å²) in [4.78, 5) is 0.